The summed E-state index contributed by atoms with van der Waals surface area (Å²) in [5.74, 6) is 0.834. The molecule has 0 amide bonds. The van der Waals surface area contributed by atoms with Gasteiger partial charge in [0, 0.05) is 0 Å². The zero-order chi connectivity index (χ0) is 13.8. The monoisotopic (exact) mass is 259 g/mol. The molecular formula is C13H18BN3O2. The minimum Gasteiger partial charge on any atom is -0.398 e. The fraction of sp³-hybridized carbons (Fsp3) is 0.538. The summed E-state index contributed by atoms with van der Waals surface area (Å²) in [6, 6.07) is 5.87. The summed E-state index contributed by atoms with van der Waals surface area (Å²) in [4.78, 5) is 0. The molecule has 6 heteroatoms. The van der Waals surface area contributed by atoms with E-state index in [1.165, 1.54) is 0 Å². The Morgan fingerprint density at radius 1 is 1.05 bits per heavy atom. The molecule has 2 aromatic rings. The van der Waals surface area contributed by atoms with Crippen LogP contribution in [0.4, 0.5) is 0 Å². The van der Waals surface area contributed by atoms with Crippen molar-refractivity contribution in [1.82, 2.24) is 14.6 Å². The first-order valence-electron chi connectivity index (χ1n) is 6.48. The molecule has 0 saturated carbocycles. The lowest BCUT2D eigenvalue weighted by atomic mass is 9.84. The van der Waals surface area contributed by atoms with Gasteiger partial charge in [-0.15, -0.1) is 10.2 Å². The molecule has 1 saturated heterocycles. The van der Waals surface area contributed by atoms with E-state index in [1.54, 1.807) is 0 Å². The molecule has 19 heavy (non-hydrogen) atoms. The minimum atomic E-state index is -0.400. The van der Waals surface area contributed by atoms with Crippen LogP contribution in [0.5, 0.6) is 0 Å². The Kier molecular flexibility index (Phi) is 2.53. The average molecular weight is 259 g/mol. The SMILES string of the molecule is Cc1nnc2cccc(B3OC(C)(C)C(C)(C)O3)n12. The molecule has 0 N–H and O–H groups in total. The molecule has 1 aliphatic heterocycles. The first kappa shape index (κ1) is 12.6. The van der Waals surface area contributed by atoms with E-state index in [9.17, 15) is 0 Å². The molecule has 0 atom stereocenters. The van der Waals surface area contributed by atoms with Crippen molar-refractivity contribution in [2.24, 2.45) is 0 Å². The van der Waals surface area contributed by atoms with Crippen molar-refractivity contribution < 1.29 is 9.31 Å². The van der Waals surface area contributed by atoms with E-state index in [0.717, 1.165) is 17.1 Å². The molecule has 0 radical (unpaired) electrons. The van der Waals surface area contributed by atoms with E-state index >= 15 is 0 Å². The van der Waals surface area contributed by atoms with Gasteiger partial charge in [-0.3, -0.25) is 4.40 Å². The lowest BCUT2D eigenvalue weighted by Crippen LogP contribution is -2.41. The van der Waals surface area contributed by atoms with Gasteiger partial charge in [-0.25, -0.2) is 0 Å². The van der Waals surface area contributed by atoms with Gasteiger partial charge in [0.2, 0.25) is 0 Å². The highest BCUT2D eigenvalue weighted by Gasteiger charge is 2.52. The molecule has 3 rings (SSSR count). The topological polar surface area (TPSA) is 48.7 Å². The van der Waals surface area contributed by atoms with Crippen LogP contribution in [0.1, 0.15) is 33.5 Å². The van der Waals surface area contributed by atoms with Crippen LogP contribution >= 0.6 is 0 Å². The summed E-state index contributed by atoms with van der Waals surface area (Å²) < 4.78 is 14.1. The smallest absolute Gasteiger partial charge is 0.398 e. The summed E-state index contributed by atoms with van der Waals surface area (Å²) in [7, 11) is -0.400. The van der Waals surface area contributed by atoms with Gasteiger partial charge in [0.25, 0.3) is 0 Å². The Hall–Kier alpha value is -1.40. The lowest BCUT2D eigenvalue weighted by molar-refractivity contribution is 0.00578. The second-order valence-corrected chi connectivity index (χ2v) is 5.98. The third-order valence-corrected chi connectivity index (χ3v) is 4.12. The van der Waals surface area contributed by atoms with Crippen LogP contribution in [0, 0.1) is 6.92 Å². The van der Waals surface area contributed by atoms with Crippen molar-refractivity contribution in [3.05, 3.63) is 24.0 Å². The Morgan fingerprint density at radius 2 is 1.68 bits per heavy atom. The van der Waals surface area contributed by atoms with Gasteiger partial charge in [-0.05, 0) is 46.8 Å². The van der Waals surface area contributed by atoms with Gasteiger partial charge >= 0.3 is 7.12 Å². The largest absolute Gasteiger partial charge is 0.512 e. The van der Waals surface area contributed by atoms with Crippen LogP contribution in [0.25, 0.3) is 5.65 Å². The van der Waals surface area contributed by atoms with Gasteiger partial charge in [-0.2, -0.15) is 0 Å². The second kappa shape index (κ2) is 3.80. The molecule has 0 aromatic carbocycles. The van der Waals surface area contributed by atoms with Gasteiger partial charge in [-0.1, -0.05) is 6.07 Å². The van der Waals surface area contributed by atoms with E-state index in [-0.39, 0.29) is 11.2 Å². The molecule has 5 nitrogen and oxygen atoms in total. The summed E-state index contributed by atoms with van der Waals surface area (Å²) in [5, 5.41) is 8.23. The number of hydrogen-bond acceptors (Lipinski definition) is 4. The lowest BCUT2D eigenvalue weighted by Gasteiger charge is -2.32. The number of aryl methyl sites for hydroxylation is 1. The minimum absolute atomic E-state index is 0.345. The van der Waals surface area contributed by atoms with Crippen molar-refractivity contribution in [3.8, 4) is 0 Å². The van der Waals surface area contributed by atoms with Gasteiger partial charge < -0.3 is 9.31 Å². The van der Waals surface area contributed by atoms with E-state index < -0.39 is 7.12 Å². The second-order valence-electron chi connectivity index (χ2n) is 5.98. The van der Waals surface area contributed by atoms with E-state index in [0.29, 0.717) is 0 Å². The molecule has 1 aliphatic rings. The van der Waals surface area contributed by atoms with Crippen molar-refractivity contribution in [1.29, 1.82) is 0 Å². The molecule has 0 bridgehead atoms. The Morgan fingerprint density at radius 3 is 2.32 bits per heavy atom. The maximum Gasteiger partial charge on any atom is 0.512 e. The van der Waals surface area contributed by atoms with E-state index in [4.69, 9.17) is 9.31 Å². The highest BCUT2D eigenvalue weighted by Crippen LogP contribution is 2.36. The molecule has 0 aliphatic carbocycles. The standard InChI is InChI=1S/C13H18BN3O2/c1-9-15-16-11-8-6-7-10(17(9)11)14-18-12(2,3)13(4,5)19-14/h6-8H,1-5H3. The van der Waals surface area contributed by atoms with Crippen LogP contribution in [0.2, 0.25) is 0 Å². The highest BCUT2D eigenvalue weighted by molar-refractivity contribution is 6.61. The third-order valence-electron chi connectivity index (χ3n) is 4.12. The van der Waals surface area contributed by atoms with Gasteiger partial charge in [0.15, 0.2) is 5.65 Å². The fourth-order valence-corrected chi connectivity index (χ4v) is 2.26. The van der Waals surface area contributed by atoms with Crippen LogP contribution in [-0.2, 0) is 9.31 Å². The summed E-state index contributed by atoms with van der Waals surface area (Å²) in [5.41, 5.74) is 1.05. The van der Waals surface area contributed by atoms with Crippen LogP contribution in [0.15, 0.2) is 18.2 Å². The summed E-state index contributed by atoms with van der Waals surface area (Å²) in [6.45, 7) is 10.1. The zero-order valence-electron chi connectivity index (χ0n) is 12.0. The van der Waals surface area contributed by atoms with Gasteiger partial charge in [0.05, 0.1) is 16.8 Å². The van der Waals surface area contributed by atoms with Crippen LogP contribution in [-0.4, -0.2) is 32.9 Å². The molecular weight excluding hydrogens is 241 g/mol. The average Bonchev–Trinajstić information content (AvgIpc) is 2.78. The quantitative estimate of drug-likeness (QED) is 0.725. The van der Waals surface area contributed by atoms with Crippen molar-refractivity contribution in [2.75, 3.05) is 0 Å². The van der Waals surface area contributed by atoms with Crippen LogP contribution < -0.4 is 5.59 Å². The third kappa shape index (κ3) is 1.78. The maximum atomic E-state index is 6.08. The Labute approximate surface area is 113 Å². The zero-order valence-corrected chi connectivity index (χ0v) is 12.0. The summed E-state index contributed by atoms with van der Waals surface area (Å²) >= 11 is 0. The molecule has 3 heterocycles. The van der Waals surface area contributed by atoms with E-state index in [2.05, 4.69) is 10.2 Å². The number of hydrogen-bond donors (Lipinski definition) is 0. The first-order chi connectivity index (χ1) is 8.82. The molecule has 2 aromatic heterocycles. The summed E-state index contributed by atoms with van der Waals surface area (Å²) in [6.07, 6.45) is 0. The Bertz CT molecular complexity index is 620. The molecule has 0 unspecified atom stereocenters. The predicted octanol–water partition coefficient (Wildman–Crippen LogP) is 1.34. The highest BCUT2D eigenvalue weighted by atomic mass is 16.7. The van der Waals surface area contributed by atoms with Crippen molar-refractivity contribution >= 4 is 18.4 Å². The number of pyridine rings is 1. The Balaban J connectivity index is 2.10. The molecule has 1 fully saturated rings. The molecule has 0 spiro atoms. The van der Waals surface area contributed by atoms with Crippen molar-refractivity contribution in [2.45, 2.75) is 45.8 Å². The maximum absolute atomic E-state index is 6.08. The fourth-order valence-electron chi connectivity index (χ4n) is 2.26. The number of rotatable bonds is 1. The predicted molar refractivity (Wildman–Crippen MR) is 73.4 cm³/mol. The van der Waals surface area contributed by atoms with Crippen molar-refractivity contribution in [3.63, 3.8) is 0 Å². The normalized spacial score (nSPS) is 21.2. The molecule has 100 valence electrons. The first-order valence-corrected chi connectivity index (χ1v) is 6.48. The number of nitrogens with zero attached hydrogens (tertiary/aromatic N) is 3. The van der Waals surface area contributed by atoms with Crippen LogP contribution in [0.3, 0.4) is 0 Å². The number of fused-ring (bicyclic) bond motifs is 1. The van der Waals surface area contributed by atoms with E-state index in [1.807, 2.05) is 57.2 Å². The van der Waals surface area contributed by atoms with Gasteiger partial charge in [0.1, 0.15) is 5.82 Å². The number of aromatic nitrogens is 3.